The molecule has 33 heavy (non-hydrogen) atoms. The highest BCUT2D eigenvalue weighted by atomic mass is 79.9. The zero-order valence-corrected chi connectivity index (χ0v) is 21.2. The lowest BCUT2D eigenvalue weighted by atomic mass is 10.2. The molecule has 1 unspecified atom stereocenters. The third-order valence-corrected chi connectivity index (χ3v) is 6.80. The van der Waals surface area contributed by atoms with Crippen molar-refractivity contribution >= 4 is 50.6 Å². The number of rotatable bonds is 9. The van der Waals surface area contributed by atoms with Gasteiger partial charge < -0.3 is 9.30 Å². The Morgan fingerprint density at radius 3 is 2.55 bits per heavy atom. The number of aryl methyl sites for hydroxylation is 1. The van der Waals surface area contributed by atoms with Crippen LogP contribution in [0.15, 0.2) is 43.5 Å². The highest BCUT2D eigenvalue weighted by Crippen LogP contribution is 2.29. The van der Waals surface area contributed by atoms with Gasteiger partial charge in [-0.15, -0.1) is 0 Å². The van der Waals surface area contributed by atoms with Gasteiger partial charge in [0.25, 0.3) is 5.56 Å². The van der Waals surface area contributed by atoms with Gasteiger partial charge in [0.15, 0.2) is 16.3 Å². The van der Waals surface area contributed by atoms with E-state index in [-0.39, 0.29) is 42.6 Å². The number of esters is 1. The predicted molar refractivity (Wildman–Crippen MR) is 130 cm³/mol. The number of hydrogen-bond donors (Lipinski definition) is 0. The zero-order valence-electron chi connectivity index (χ0n) is 18.8. The van der Waals surface area contributed by atoms with Crippen molar-refractivity contribution in [3.05, 3.63) is 55.1 Å². The number of nitrogens with zero attached hydrogens (tertiary/aromatic N) is 4. The second-order valence-corrected chi connectivity index (χ2v) is 9.57. The van der Waals surface area contributed by atoms with E-state index in [2.05, 4.69) is 20.9 Å². The van der Waals surface area contributed by atoms with E-state index in [4.69, 9.17) is 4.74 Å². The fraction of sp³-hybridized carbons (Fsp3) is 0.409. The lowest BCUT2D eigenvalue weighted by Crippen LogP contribution is -2.41. The normalized spacial score (nSPS) is 12.2. The molecular weight excluding hydrogens is 512 g/mol. The smallest absolute Gasteiger partial charge is 0.332 e. The van der Waals surface area contributed by atoms with Crippen molar-refractivity contribution in [1.82, 2.24) is 18.7 Å². The number of hydrogen-bond acceptors (Lipinski definition) is 7. The first-order chi connectivity index (χ1) is 15.7. The average molecular weight is 537 g/mol. The summed E-state index contributed by atoms with van der Waals surface area (Å²) in [6.45, 7) is 5.14. The molecule has 2 aromatic heterocycles. The number of fused-ring (bicyclic) bond motifs is 1. The van der Waals surface area contributed by atoms with Crippen LogP contribution in [-0.2, 0) is 34.5 Å². The third kappa shape index (κ3) is 5.30. The number of imidazole rings is 1. The van der Waals surface area contributed by atoms with Gasteiger partial charge in [-0.05, 0) is 38.0 Å². The largest absolute Gasteiger partial charge is 0.465 e. The topological polar surface area (TPSA) is 105 Å². The molecule has 3 rings (SSSR count). The van der Waals surface area contributed by atoms with Gasteiger partial charge in [-0.1, -0.05) is 46.7 Å². The number of ketones is 1. The lowest BCUT2D eigenvalue weighted by molar-refractivity contribution is -0.142. The summed E-state index contributed by atoms with van der Waals surface area (Å²) in [5.41, 5.74) is 0.0623. The predicted octanol–water partition coefficient (Wildman–Crippen LogP) is 2.73. The highest BCUT2D eigenvalue weighted by molar-refractivity contribution is 9.10. The number of carbonyl (C=O) groups is 2. The van der Waals surface area contributed by atoms with Crippen molar-refractivity contribution in [2.75, 3.05) is 6.61 Å². The number of ether oxygens (including phenoxy) is 1. The summed E-state index contributed by atoms with van der Waals surface area (Å²) in [6.07, 6.45) is 0.497. The maximum Gasteiger partial charge on any atom is 0.332 e. The minimum absolute atomic E-state index is 0.194. The van der Waals surface area contributed by atoms with Gasteiger partial charge in [0.2, 0.25) is 0 Å². The van der Waals surface area contributed by atoms with E-state index >= 15 is 0 Å². The molecule has 0 amide bonds. The van der Waals surface area contributed by atoms with Crippen molar-refractivity contribution in [3.63, 3.8) is 0 Å². The van der Waals surface area contributed by atoms with Gasteiger partial charge in [0.05, 0.1) is 19.7 Å². The fourth-order valence-corrected chi connectivity index (χ4v) is 4.88. The summed E-state index contributed by atoms with van der Waals surface area (Å²) in [5.74, 6) is -0.677. The molecule has 0 aliphatic heterocycles. The minimum atomic E-state index is -0.621. The molecular formula is C22H25BrN4O5S. The van der Waals surface area contributed by atoms with E-state index in [0.717, 1.165) is 14.6 Å². The molecule has 0 spiro atoms. The van der Waals surface area contributed by atoms with Crippen LogP contribution in [-0.4, -0.2) is 42.3 Å². The second-order valence-electron chi connectivity index (χ2n) is 7.48. The standard InChI is InChI=1S/C22H25BrN4O5S/c1-5-16(20(30)32-6-2)33-21-24-18-17(26(21)12-14-8-7-9-15(23)10-14)19(29)27(11-13(3)28)22(31)25(18)4/h7-10,16H,5-6,11-12H2,1-4H3. The Labute approximate surface area is 202 Å². The molecule has 2 heterocycles. The number of aromatic nitrogens is 4. The van der Waals surface area contributed by atoms with Crippen LogP contribution < -0.4 is 11.2 Å². The number of halogens is 1. The molecule has 9 nitrogen and oxygen atoms in total. The molecule has 0 N–H and O–H groups in total. The molecule has 3 aromatic rings. The molecule has 0 fully saturated rings. The molecule has 11 heteroatoms. The van der Waals surface area contributed by atoms with Crippen LogP contribution in [0.3, 0.4) is 0 Å². The summed E-state index contributed by atoms with van der Waals surface area (Å²) >= 11 is 4.65. The van der Waals surface area contributed by atoms with Crippen LogP contribution in [0.25, 0.3) is 11.2 Å². The van der Waals surface area contributed by atoms with Crippen LogP contribution >= 0.6 is 27.7 Å². The number of thioether (sulfide) groups is 1. The van der Waals surface area contributed by atoms with Crippen LogP contribution in [0.1, 0.15) is 32.8 Å². The van der Waals surface area contributed by atoms with Gasteiger partial charge in [-0.25, -0.2) is 9.78 Å². The molecule has 0 aliphatic rings. The Bertz CT molecular complexity index is 1330. The molecule has 1 aromatic carbocycles. The van der Waals surface area contributed by atoms with Crippen molar-refractivity contribution in [3.8, 4) is 0 Å². The monoisotopic (exact) mass is 536 g/mol. The van der Waals surface area contributed by atoms with Gasteiger partial charge in [-0.2, -0.15) is 0 Å². The summed E-state index contributed by atoms with van der Waals surface area (Å²) in [7, 11) is 1.51. The molecule has 176 valence electrons. The van der Waals surface area contributed by atoms with Crippen LogP contribution in [0.5, 0.6) is 0 Å². The molecule has 1 atom stereocenters. The van der Waals surface area contributed by atoms with Crippen molar-refractivity contribution in [2.24, 2.45) is 7.05 Å². The third-order valence-electron chi connectivity index (χ3n) is 4.98. The minimum Gasteiger partial charge on any atom is -0.465 e. The van der Waals surface area contributed by atoms with E-state index in [1.54, 1.807) is 11.5 Å². The molecule has 0 radical (unpaired) electrons. The Kier molecular flexibility index (Phi) is 7.96. The van der Waals surface area contributed by atoms with E-state index in [1.165, 1.54) is 30.3 Å². The molecule has 0 saturated carbocycles. The summed E-state index contributed by atoms with van der Waals surface area (Å²) in [5, 5.41) is -0.114. The van der Waals surface area contributed by atoms with Crippen LogP contribution in [0, 0.1) is 0 Å². The molecule has 0 aliphatic carbocycles. The lowest BCUT2D eigenvalue weighted by Gasteiger charge is -2.14. The number of benzene rings is 1. The van der Waals surface area contributed by atoms with Crippen molar-refractivity contribution in [1.29, 1.82) is 0 Å². The summed E-state index contributed by atoms with van der Waals surface area (Å²) in [4.78, 5) is 54.8. The first-order valence-corrected chi connectivity index (χ1v) is 12.1. The average Bonchev–Trinajstić information content (AvgIpc) is 3.11. The van der Waals surface area contributed by atoms with Crippen LogP contribution in [0.2, 0.25) is 0 Å². The van der Waals surface area contributed by atoms with Gasteiger partial charge in [0, 0.05) is 11.5 Å². The molecule has 0 saturated heterocycles. The Morgan fingerprint density at radius 1 is 1.21 bits per heavy atom. The maximum absolute atomic E-state index is 13.3. The molecule has 0 bridgehead atoms. The van der Waals surface area contributed by atoms with Crippen molar-refractivity contribution in [2.45, 2.75) is 50.7 Å². The zero-order chi connectivity index (χ0) is 24.3. The first-order valence-electron chi connectivity index (χ1n) is 10.4. The summed E-state index contributed by atoms with van der Waals surface area (Å²) < 4.78 is 9.93. The van der Waals surface area contributed by atoms with Crippen LogP contribution in [0.4, 0.5) is 0 Å². The quantitative estimate of drug-likeness (QED) is 0.305. The van der Waals surface area contributed by atoms with E-state index in [0.29, 0.717) is 11.6 Å². The highest BCUT2D eigenvalue weighted by Gasteiger charge is 2.26. The number of carbonyl (C=O) groups excluding carboxylic acids is 2. The Morgan fingerprint density at radius 2 is 1.94 bits per heavy atom. The van der Waals surface area contributed by atoms with Gasteiger partial charge in [0.1, 0.15) is 11.0 Å². The first kappa shape index (κ1) is 25.0. The van der Waals surface area contributed by atoms with E-state index in [1.807, 2.05) is 31.2 Å². The number of Topliss-reactive ketones (excluding diaryl/α,β-unsaturated/α-hetero) is 1. The SMILES string of the molecule is CCOC(=O)C(CC)Sc1nc2c(c(=O)n(CC(C)=O)c(=O)n2C)n1Cc1cccc(Br)c1. The maximum atomic E-state index is 13.3. The Hall–Kier alpha value is -2.66. The van der Waals surface area contributed by atoms with E-state index < -0.39 is 16.5 Å². The Balaban J connectivity index is 2.26. The van der Waals surface area contributed by atoms with E-state index in [9.17, 15) is 19.2 Å². The van der Waals surface area contributed by atoms with Gasteiger partial charge >= 0.3 is 11.7 Å². The van der Waals surface area contributed by atoms with Crippen molar-refractivity contribution < 1.29 is 14.3 Å². The fourth-order valence-electron chi connectivity index (χ4n) is 3.43. The second kappa shape index (κ2) is 10.5. The summed E-state index contributed by atoms with van der Waals surface area (Å²) in [6, 6.07) is 7.59. The van der Waals surface area contributed by atoms with Gasteiger partial charge in [-0.3, -0.25) is 23.5 Å².